The lowest BCUT2D eigenvalue weighted by Gasteiger charge is -2.37. The Morgan fingerprint density at radius 3 is 2.50 bits per heavy atom. The van der Waals surface area contributed by atoms with E-state index in [1.54, 1.807) is 0 Å². The van der Waals surface area contributed by atoms with E-state index < -0.39 is 12.2 Å². The summed E-state index contributed by atoms with van der Waals surface area (Å²) in [5, 5.41) is 19.1. The average molecular weight is 221 g/mol. The second-order valence-electron chi connectivity index (χ2n) is 4.50. The third-order valence-corrected chi connectivity index (χ3v) is 3.41. The number of aliphatic hydroxyl groups excluding tert-OH is 2. The van der Waals surface area contributed by atoms with E-state index in [9.17, 15) is 10.2 Å². The van der Waals surface area contributed by atoms with Gasteiger partial charge in [-0.25, -0.2) is 0 Å². The SMILES string of the molecule is CC(c1ccccc1)N1CC[C@H](O)[C@@H](O)C1. The van der Waals surface area contributed by atoms with Crippen molar-refractivity contribution in [1.29, 1.82) is 0 Å². The van der Waals surface area contributed by atoms with Gasteiger partial charge in [0.1, 0.15) is 0 Å². The van der Waals surface area contributed by atoms with Crippen molar-refractivity contribution >= 4 is 0 Å². The number of benzene rings is 1. The highest BCUT2D eigenvalue weighted by atomic mass is 16.3. The molecule has 16 heavy (non-hydrogen) atoms. The van der Waals surface area contributed by atoms with Crippen LogP contribution in [-0.4, -0.2) is 40.4 Å². The highest BCUT2D eigenvalue weighted by Crippen LogP contribution is 2.23. The monoisotopic (exact) mass is 221 g/mol. The molecule has 1 aliphatic rings. The van der Waals surface area contributed by atoms with E-state index >= 15 is 0 Å². The smallest absolute Gasteiger partial charge is 0.0926 e. The molecule has 3 nitrogen and oxygen atoms in total. The zero-order valence-electron chi connectivity index (χ0n) is 9.58. The molecular weight excluding hydrogens is 202 g/mol. The van der Waals surface area contributed by atoms with Crippen LogP contribution in [-0.2, 0) is 0 Å². The Morgan fingerprint density at radius 2 is 1.88 bits per heavy atom. The lowest BCUT2D eigenvalue weighted by atomic mass is 10.00. The predicted octanol–water partition coefficient (Wildman–Crippen LogP) is 1.18. The number of hydrogen-bond acceptors (Lipinski definition) is 3. The van der Waals surface area contributed by atoms with Gasteiger partial charge in [0.25, 0.3) is 0 Å². The quantitative estimate of drug-likeness (QED) is 0.788. The first-order chi connectivity index (χ1) is 7.68. The van der Waals surface area contributed by atoms with Crippen LogP contribution in [0, 0.1) is 0 Å². The second kappa shape index (κ2) is 4.95. The van der Waals surface area contributed by atoms with Crippen LogP contribution in [0.4, 0.5) is 0 Å². The lowest BCUT2D eigenvalue weighted by molar-refractivity contribution is -0.0478. The molecule has 1 fully saturated rings. The van der Waals surface area contributed by atoms with Gasteiger partial charge in [-0.3, -0.25) is 4.90 Å². The number of likely N-dealkylation sites (tertiary alicyclic amines) is 1. The molecule has 0 saturated carbocycles. The molecule has 2 rings (SSSR count). The van der Waals surface area contributed by atoms with Gasteiger partial charge in [0.05, 0.1) is 12.2 Å². The van der Waals surface area contributed by atoms with E-state index in [2.05, 4.69) is 24.0 Å². The Kier molecular flexibility index (Phi) is 3.59. The van der Waals surface area contributed by atoms with Crippen molar-refractivity contribution in [3.63, 3.8) is 0 Å². The predicted molar refractivity (Wildman–Crippen MR) is 63.1 cm³/mol. The summed E-state index contributed by atoms with van der Waals surface area (Å²) in [6.45, 7) is 3.53. The molecule has 0 amide bonds. The maximum absolute atomic E-state index is 9.65. The number of aliphatic hydroxyl groups is 2. The molecule has 1 unspecified atom stereocenters. The van der Waals surface area contributed by atoms with Gasteiger partial charge in [-0.1, -0.05) is 30.3 Å². The summed E-state index contributed by atoms with van der Waals surface area (Å²) in [7, 11) is 0. The summed E-state index contributed by atoms with van der Waals surface area (Å²) in [6.07, 6.45) is -0.516. The number of rotatable bonds is 2. The molecule has 0 spiro atoms. The zero-order valence-corrected chi connectivity index (χ0v) is 9.58. The van der Waals surface area contributed by atoms with Crippen LogP contribution in [0.2, 0.25) is 0 Å². The third-order valence-electron chi connectivity index (χ3n) is 3.41. The first-order valence-corrected chi connectivity index (χ1v) is 5.83. The number of nitrogens with zero attached hydrogens (tertiary/aromatic N) is 1. The van der Waals surface area contributed by atoms with Crippen LogP contribution in [0.3, 0.4) is 0 Å². The Bertz CT molecular complexity index is 328. The normalized spacial score (nSPS) is 28.9. The molecule has 0 radical (unpaired) electrons. The number of piperidine rings is 1. The molecule has 1 aromatic carbocycles. The van der Waals surface area contributed by atoms with Crippen LogP contribution >= 0.6 is 0 Å². The minimum Gasteiger partial charge on any atom is -0.390 e. The average Bonchev–Trinajstić information content (AvgIpc) is 2.33. The molecule has 1 aromatic rings. The van der Waals surface area contributed by atoms with E-state index in [0.29, 0.717) is 19.0 Å². The van der Waals surface area contributed by atoms with Gasteiger partial charge >= 0.3 is 0 Å². The van der Waals surface area contributed by atoms with Crippen LogP contribution < -0.4 is 0 Å². The Morgan fingerprint density at radius 1 is 1.19 bits per heavy atom. The van der Waals surface area contributed by atoms with Gasteiger partial charge in [0.2, 0.25) is 0 Å². The first-order valence-electron chi connectivity index (χ1n) is 5.83. The molecule has 0 bridgehead atoms. The van der Waals surface area contributed by atoms with Gasteiger partial charge in [-0.05, 0) is 18.9 Å². The fourth-order valence-electron chi connectivity index (χ4n) is 2.24. The van der Waals surface area contributed by atoms with Gasteiger partial charge < -0.3 is 10.2 Å². The summed E-state index contributed by atoms with van der Waals surface area (Å²) in [6, 6.07) is 10.6. The van der Waals surface area contributed by atoms with E-state index in [1.807, 2.05) is 18.2 Å². The molecule has 3 atom stereocenters. The van der Waals surface area contributed by atoms with Crippen molar-refractivity contribution in [2.45, 2.75) is 31.6 Å². The Hall–Kier alpha value is -0.900. The molecule has 1 heterocycles. The van der Waals surface area contributed by atoms with Crippen molar-refractivity contribution in [2.75, 3.05) is 13.1 Å². The standard InChI is InChI=1S/C13H19NO2/c1-10(11-5-3-2-4-6-11)14-8-7-12(15)13(16)9-14/h2-6,10,12-13,15-16H,7-9H2,1H3/t10?,12-,13-/m0/s1. The summed E-state index contributed by atoms with van der Waals surface area (Å²) >= 11 is 0. The fraction of sp³-hybridized carbons (Fsp3) is 0.538. The number of β-amino-alcohol motifs (C(OH)–C–C–N with tert-alkyl or cyclic N) is 1. The molecular formula is C13H19NO2. The highest BCUT2D eigenvalue weighted by Gasteiger charge is 2.28. The van der Waals surface area contributed by atoms with Crippen molar-refractivity contribution in [3.8, 4) is 0 Å². The largest absolute Gasteiger partial charge is 0.390 e. The molecule has 2 N–H and O–H groups in total. The van der Waals surface area contributed by atoms with Crippen molar-refractivity contribution in [2.24, 2.45) is 0 Å². The molecule has 88 valence electrons. The third kappa shape index (κ3) is 2.43. The fourth-order valence-corrected chi connectivity index (χ4v) is 2.24. The lowest BCUT2D eigenvalue weighted by Crippen LogP contribution is -2.47. The van der Waals surface area contributed by atoms with E-state index in [0.717, 1.165) is 6.54 Å². The first kappa shape index (κ1) is 11.6. The maximum atomic E-state index is 9.65. The van der Waals surface area contributed by atoms with E-state index in [-0.39, 0.29) is 0 Å². The molecule has 0 aliphatic carbocycles. The van der Waals surface area contributed by atoms with Crippen molar-refractivity contribution in [1.82, 2.24) is 4.90 Å². The summed E-state index contributed by atoms with van der Waals surface area (Å²) in [4.78, 5) is 2.22. The summed E-state index contributed by atoms with van der Waals surface area (Å²) in [5.74, 6) is 0. The topological polar surface area (TPSA) is 43.7 Å². The Labute approximate surface area is 96.3 Å². The molecule has 1 saturated heterocycles. The number of hydrogen-bond donors (Lipinski definition) is 2. The van der Waals surface area contributed by atoms with Gasteiger partial charge in [0, 0.05) is 19.1 Å². The maximum Gasteiger partial charge on any atom is 0.0926 e. The summed E-state index contributed by atoms with van der Waals surface area (Å²) < 4.78 is 0. The van der Waals surface area contributed by atoms with Crippen LogP contribution in [0.1, 0.15) is 24.9 Å². The van der Waals surface area contributed by atoms with E-state index in [1.165, 1.54) is 5.56 Å². The zero-order chi connectivity index (χ0) is 11.5. The van der Waals surface area contributed by atoms with Crippen LogP contribution in [0.5, 0.6) is 0 Å². The Balaban J connectivity index is 2.03. The molecule has 1 aliphatic heterocycles. The van der Waals surface area contributed by atoms with Gasteiger partial charge in [0.15, 0.2) is 0 Å². The molecule has 3 heteroatoms. The van der Waals surface area contributed by atoms with Gasteiger partial charge in [-0.15, -0.1) is 0 Å². The van der Waals surface area contributed by atoms with Gasteiger partial charge in [-0.2, -0.15) is 0 Å². The van der Waals surface area contributed by atoms with Crippen LogP contribution in [0.25, 0.3) is 0 Å². The van der Waals surface area contributed by atoms with Crippen molar-refractivity contribution < 1.29 is 10.2 Å². The molecule has 0 aromatic heterocycles. The van der Waals surface area contributed by atoms with E-state index in [4.69, 9.17) is 0 Å². The van der Waals surface area contributed by atoms with Crippen LogP contribution in [0.15, 0.2) is 30.3 Å². The minimum absolute atomic E-state index is 0.295. The minimum atomic E-state index is -0.611. The summed E-state index contributed by atoms with van der Waals surface area (Å²) in [5.41, 5.74) is 1.26. The second-order valence-corrected chi connectivity index (χ2v) is 4.50. The highest BCUT2D eigenvalue weighted by molar-refractivity contribution is 5.18. The van der Waals surface area contributed by atoms with Crippen molar-refractivity contribution in [3.05, 3.63) is 35.9 Å².